The van der Waals surface area contributed by atoms with Crippen molar-refractivity contribution in [2.75, 3.05) is 0 Å². The molecule has 0 aliphatic heterocycles. The van der Waals surface area contributed by atoms with E-state index in [9.17, 15) is 0 Å². The van der Waals surface area contributed by atoms with E-state index in [1.54, 1.807) is 0 Å². The van der Waals surface area contributed by atoms with Gasteiger partial charge in [0.15, 0.2) is 0 Å². The fraction of sp³-hybridized carbons (Fsp3) is 0. The zero-order chi connectivity index (χ0) is 0. The van der Waals surface area contributed by atoms with Gasteiger partial charge in [0.25, 0.3) is 0 Å². The zero-order valence-corrected chi connectivity index (χ0v) is 41.0. The molecule has 0 spiro atoms. The zero-order valence-electron chi connectivity index (χ0n) is 6.93. The van der Waals surface area contributed by atoms with Crippen molar-refractivity contribution in [1.29, 1.82) is 0 Å². The Hall–Kier alpha value is 13.2. The molecule has 0 unspecified atom stereocenters. The second kappa shape index (κ2) is 74.7. The third-order valence-corrected chi connectivity index (χ3v) is 0. The molecule has 0 saturated carbocycles. The van der Waals surface area contributed by atoms with Crippen molar-refractivity contribution >= 4 is 0 Å². The van der Waals surface area contributed by atoms with Crippen molar-refractivity contribution in [2.24, 2.45) is 0 Å². The van der Waals surface area contributed by atoms with Crippen LogP contribution >= 0.6 is 0 Å². The first-order valence-electron chi connectivity index (χ1n) is 0. The van der Waals surface area contributed by atoms with Crippen LogP contribution < -0.4 is 0 Å². The van der Waals surface area contributed by atoms with Gasteiger partial charge in [0.05, 0.1) is 0 Å². The number of hydrogen-bond acceptors (Lipinski definition) is 0. The van der Waals surface area contributed by atoms with Crippen molar-refractivity contribution < 1.29 is 393 Å². The molecule has 0 aromatic rings. The minimum Gasteiger partial charge on any atom is 0 e. The quantitative estimate of drug-likeness (QED) is 0.321. The summed E-state index contributed by atoms with van der Waals surface area (Å²) in [6.45, 7) is 0. The summed E-state index contributed by atoms with van der Waals surface area (Å²) in [5.74, 6) is 0. The fourth-order valence-electron chi connectivity index (χ4n) is 0. The average molecular weight is 1070 g/mol. The summed E-state index contributed by atoms with van der Waals surface area (Å²) in [7, 11) is 0. The van der Waals surface area contributed by atoms with E-state index in [0.29, 0.717) is 0 Å². The molecule has 0 aromatic heterocycles. The molecule has 0 aliphatic carbocycles. The molecule has 12 heteroatoms. The Morgan fingerprint density at radius 3 is 0.0833 bits per heavy atom. The van der Waals surface area contributed by atoms with Crippen molar-refractivity contribution in [3.05, 3.63) is 0 Å². The van der Waals surface area contributed by atoms with E-state index in [0.717, 1.165) is 0 Å². The smallest absolute Gasteiger partial charge is 0 e. The Kier molecular flexibility index (Phi) is 526. The molecule has 0 amide bonds. The van der Waals surface area contributed by atoms with Crippen LogP contribution in [0.25, 0.3) is 0 Å². The van der Waals surface area contributed by atoms with Gasteiger partial charge in [-0.25, -0.2) is 0 Å². The SMILES string of the molecule is [Y].[Y].[Y].[Y].[Y].[Y].[Y].[Y].[Y].[Y].[Y].[Y]. The van der Waals surface area contributed by atoms with Gasteiger partial charge in [0, 0.05) is 393 Å². The van der Waals surface area contributed by atoms with Crippen LogP contribution in [-0.4, -0.2) is 0 Å². The molecule has 0 saturated heterocycles. The molecule has 0 heterocycles. The predicted octanol–water partition coefficient (Wildman–Crippen LogP) is -0.0300. The Bertz CT molecular complexity index is 0. The fourth-order valence-corrected chi connectivity index (χ4v) is 0. The van der Waals surface area contributed by atoms with Gasteiger partial charge in [0.1, 0.15) is 0 Å². The van der Waals surface area contributed by atoms with E-state index in [2.05, 4.69) is 0 Å². The van der Waals surface area contributed by atoms with Crippen molar-refractivity contribution in [3.63, 3.8) is 0 Å². The standard InChI is InChI=1S/12Y. The van der Waals surface area contributed by atoms with Gasteiger partial charge in [-0.15, -0.1) is 0 Å². The van der Waals surface area contributed by atoms with Crippen LogP contribution in [0.4, 0.5) is 0 Å². The summed E-state index contributed by atoms with van der Waals surface area (Å²) in [5, 5.41) is 0. The third kappa shape index (κ3) is 65.6. The van der Waals surface area contributed by atoms with Crippen LogP contribution in [0, 0.1) is 0 Å². The average Bonchev–Trinajstić information content (AvgIpc) is 0. The van der Waals surface area contributed by atoms with E-state index in [1.807, 2.05) is 0 Å². The summed E-state index contributed by atoms with van der Waals surface area (Å²) in [6, 6.07) is 0. The maximum Gasteiger partial charge on any atom is 0 e. The van der Waals surface area contributed by atoms with Gasteiger partial charge in [-0.2, -0.15) is 0 Å². The van der Waals surface area contributed by atoms with E-state index < -0.39 is 0 Å². The Morgan fingerprint density at radius 2 is 0.0833 bits per heavy atom. The van der Waals surface area contributed by atoms with Gasteiger partial charge in [0.2, 0.25) is 0 Å². The molecular formula is Y12. The normalized spacial score (nSPS) is 0. The minimum absolute atomic E-state index is 0. The number of hydrogen-bond donors (Lipinski definition) is 0. The molecule has 0 bridgehead atoms. The van der Waals surface area contributed by atoms with E-state index >= 15 is 0 Å². The molecule has 0 nitrogen and oxygen atoms in total. The van der Waals surface area contributed by atoms with Crippen LogP contribution in [0.2, 0.25) is 0 Å². The molecule has 0 N–H and O–H groups in total. The van der Waals surface area contributed by atoms with Crippen LogP contribution in [0.15, 0.2) is 0 Å². The van der Waals surface area contributed by atoms with Gasteiger partial charge in [-0.3, -0.25) is 0 Å². The Morgan fingerprint density at radius 1 is 0.0833 bits per heavy atom. The molecule has 0 fully saturated rings. The molecular weight excluding hydrogens is 1070 g/mol. The topological polar surface area (TPSA) is 0 Å². The summed E-state index contributed by atoms with van der Waals surface area (Å²) in [6.07, 6.45) is 0. The maximum absolute atomic E-state index is 0. The van der Waals surface area contributed by atoms with Crippen LogP contribution in [0.1, 0.15) is 0 Å². The maximum atomic E-state index is 0. The second-order valence-electron chi connectivity index (χ2n) is 0. The first kappa shape index (κ1) is 84.6. The van der Waals surface area contributed by atoms with E-state index in [-0.39, 0.29) is 393 Å². The van der Waals surface area contributed by atoms with Crippen LogP contribution in [0.3, 0.4) is 0 Å². The summed E-state index contributed by atoms with van der Waals surface area (Å²) in [4.78, 5) is 0. The molecule has 12 heavy (non-hydrogen) atoms. The van der Waals surface area contributed by atoms with Gasteiger partial charge < -0.3 is 0 Å². The molecule has 0 rings (SSSR count). The molecule has 0 aliphatic rings. The van der Waals surface area contributed by atoms with Gasteiger partial charge in [-0.05, 0) is 0 Å². The monoisotopic (exact) mass is 1070 g/mol. The summed E-state index contributed by atoms with van der Waals surface area (Å²) >= 11 is 0. The van der Waals surface area contributed by atoms with Crippen LogP contribution in [0.5, 0.6) is 0 Å². The molecule has 0 atom stereocenters. The van der Waals surface area contributed by atoms with Gasteiger partial charge in [-0.1, -0.05) is 0 Å². The first-order chi connectivity index (χ1) is 0. The van der Waals surface area contributed by atoms with Gasteiger partial charge >= 0.3 is 0 Å². The largest absolute Gasteiger partial charge is 0 e. The summed E-state index contributed by atoms with van der Waals surface area (Å²) < 4.78 is 0. The van der Waals surface area contributed by atoms with Crippen molar-refractivity contribution in [2.45, 2.75) is 0 Å². The number of rotatable bonds is 0. The molecule has 12 radical (unpaired) electrons. The molecule has 36 valence electrons. The van der Waals surface area contributed by atoms with E-state index in [4.69, 9.17) is 0 Å². The third-order valence-electron chi connectivity index (χ3n) is 0. The summed E-state index contributed by atoms with van der Waals surface area (Å²) in [5.41, 5.74) is 0. The van der Waals surface area contributed by atoms with Crippen LogP contribution in [-0.2, 0) is 393 Å². The Labute approximate surface area is 378 Å². The first-order valence-corrected chi connectivity index (χ1v) is 0. The van der Waals surface area contributed by atoms with Crippen molar-refractivity contribution in [1.82, 2.24) is 0 Å². The Balaban J connectivity index is 0. The minimum atomic E-state index is 0. The van der Waals surface area contributed by atoms with E-state index in [1.165, 1.54) is 0 Å². The van der Waals surface area contributed by atoms with Crippen molar-refractivity contribution in [3.8, 4) is 0 Å². The second-order valence-corrected chi connectivity index (χ2v) is 0. The predicted molar refractivity (Wildman–Crippen MR) is 0 cm³/mol. The molecule has 0 aromatic carbocycles.